The predicted octanol–water partition coefficient (Wildman–Crippen LogP) is 1.50. The maximum atomic E-state index is 12.7. The molecule has 1 saturated carbocycles. The van der Waals surface area contributed by atoms with Gasteiger partial charge in [0.05, 0.1) is 0 Å². The Kier molecular flexibility index (Phi) is 4.43. The van der Waals surface area contributed by atoms with Crippen LogP contribution in [0.25, 0.3) is 0 Å². The summed E-state index contributed by atoms with van der Waals surface area (Å²) in [6, 6.07) is -0.473. The molecule has 2 aliphatic rings. The van der Waals surface area contributed by atoms with Gasteiger partial charge in [0, 0.05) is 11.8 Å². The van der Waals surface area contributed by atoms with Gasteiger partial charge in [-0.3, -0.25) is 9.59 Å². The summed E-state index contributed by atoms with van der Waals surface area (Å²) in [5.41, 5.74) is 0. The molecule has 1 aliphatic heterocycles. The fraction of sp³-hybridized carbons (Fsp3) is 0.857. The number of carbonyl (C=O) groups excluding carboxylic acids is 2. The van der Waals surface area contributed by atoms with Crippen molar-refractivity contribution in [2.45, 2.75) is 51.7 Å². The summed E-state index contributed by atoms with van der Waals surface area (Å²) in [6.45, 7) is 6.06. The van der Waals surface area contributed by atoms with Gasteiger partial charge in [0.25, 0.3) is 0 Å². The second kappa shape index (κ2) is 5.73. The lowest BCUT2D eigenvalue weighted by Gasteiger charge is -2.44. The average molecular weight is 284 g/mol. The summed E-state index contributed by atoms with van der Waals surface area (Å²) < 4.78 is 0. The first-order chi connectivity index (χ1) is 8.97. The summed E-state index contributed by atoms with van der Waals surface area (Å²) in [5, 5.41) is 2.95. The zero-order valence-corrected chi connectivity index (χ0v) is 13.0. The van der Waals surface area contributed by atoms with Crippen molar-refractivity contribution in [1.82, 2.24) is 10.2 Å². The quantitative estimate of drug-likeness (QED) is 0.832. The van der Waals surface area contributed by atoms with Gasteiger partial charge in [-0.05, 0) is 37.9 Å². The van der Waals surface area contributed by atoms with E-state index in [-0.39, 0.29) is 35.9 Å². The molecule has 1 heterocycles. The predicted molar refractivity (Wildman–Crippen MR) is 78.0 cm³/mol. The van der Waals surface area contributed by atoms with Crippen LogP contribution in [0.4, 0.5) is 0 Å². The summed E-state index contributed by atoms with van der Waals surface area (Å²) in [5.74, 6) is 1.54. The minimum absolute atomic E-state index is 0.0273. The number of thioether (sulfide) groups is 1. The highest BCUT2D eigenvalue weighted by molar-refractivity contribution is 7.98. The zero-order chi connectivity index (χ0) is 14.2. The van der Waals surface area contributed by atoms with Crippen LogP contribution in [0.15, 0.2) is 0 Å². The molecule has 3 unspecified atom stereocenters. The largest absolute Gasteiger partial charge is 0.342 e. The van der Waals surface area contributed by atoms with Gasteiger partial charge in [0.1, 0.15) is 12.1 Å². The van der Waals surface area contributed by atoms with Crippen molar-refractivity contribution < 1.29 is 9.59 Å². The Bertz CT molecular complexity index is 368. The first kappa shape index (κ1) is 14.7. The molecule has 0 aromatic heterocycles. The van der Waals surface area contributed by atoms with Crippen molar-refractivity contribution >= 4 is 23.6 Å². The monoisotopic (exact) mass is 284 g/mol. The molecule has 1 aliphatic carbocycles. The third-order valence-corrected chi connectivity index (χ3v) is 4.81. The molecule has 3 atom stereocenters. The molecule has 0 spiro atoms. The minimum atomic E-state index is -0.315. The van der Waals surface area contributed by atoms with Crippen molar-refractivity contribution in [3.8, 4) is 0 Å². The molecule has 2 amide bonds. The molecule has 1 saturated heterocycles. The smallest absolute Gasteiger partial charge is 0.246 e. The highest BCUT2D eigenvalue weighted by Gasteiger charge is 2.48. The van der Waals surface area contributed by atoms with Gasteiger partial charge < -0.3 is 10.2 Å². The van der Waals surface area contributed by atoms with Crippen molar-refractivity contribution in [1.29, 1.82) is 0 Å². The zero-order valence-electron chi connectivity index (χ0n) is 12.2. The van der Waals surface area contributed by atoms with E-state index in [0.29, 0.717) is 5.92 Å². The summed E-state index contributed by atoms with van der Waals surface area (Å²) in [4.78, 5) is 26.9. The van der Waals surface area contributed by atoms with E-state index in [4.69, 9.17) is 0 Å². The van der Waals surface area contributed by atoms with E-state index < -0.39 is 0 Å². The highest BCUT2D eigenvalue weighted by Crippen LogP contribution is 2.36. The molecule has 19 heavy (non-hydrogen) atoms. The van der Waals surface area contributed by atoms with E-state index in [1.807, 2.05) is 31.9 Å². The van der Waals surface area contributed by atoms with E-state index in [2.05, 4.69) is 5.32 Å². The Hall–Kier alpha value is -0.710. The molecule has 0 radical (unpaired) electrons. The Morgan fingerprint density at radius 1 is 1.32 bits per heavy atom. The van der Waals surface area contributed by atoms with Crippen molar-refractivity contribution in [2.24, 2.45) is 11.8 Å². The number of piperazine rings is 1. The lowest BCUT2D eigenvalue weighted by molar-refractivity contribution is -0.153. The summed E-state index contributed by atoms with van der Waals surface area (Å²) in [7, 11) is 0. The van der Waals surface area contributed by atoms with E-state index >= 15 is 0 Å². The van der Waals surface area contributed by atoms with Gasteiger partial charge in [0.2, 0.25) is 11.8 Å². The van der Waals surface area contributed by atoms with E-state index in [0.717, 1.165) is 18.6 Å². The molecule has 5 heteroatoms. The number of nitrogens with zero attached hydrogens (tertiary/aromatic N) is 1. The number of carbonyl (C=O) groups is 2. The average Bonchev–Trinajstić information content (AvgIpc) is 3.14. The van der Waals surface area contributed by atoms with Crippen molar-refractivity contribution in [3.63, 3.8) is 0 Å². The second-order valence-electron chi connectivity index (χ2n) is 6.06. The third-order valence-electron chi connectivity index (χ3n) is 3.99. The Morgan fingerprint density at radius 2 is 1.95 bits per heavy atom. The molecule has 1 N–H and O–H groups in total. The molecule has 108 valence electrons. The van der Waals surface area contributed by atoms with Crippen LogP contribution < -0.4 is 5.32 Å². The number of nitrogens with one attached hydrogen (secondary N) is 1. The number of hydrogen-bond donors (Lipinski definition) is 1. The van der Waals surface area contributed by atoms with Gasteiger partial charge in [-0.2, -0.15) is 11.8 Å². The van der Waals surface area contributed by atoms with Crippen LogP contribution in [0.2, 0.25) is 0 Å². The third kappa shape index (κ3) is 2.91. The first-order valence-corrected chi connectivity index (χ1v) is 8.48. The second-order valence-corrected chi connectivity index (χ2v) is 6.97. The molecule has 2 rings (SSSR count). The van der Waals surface area contributed by atoms with E-state index in [1.54, 1.807) is 11.8 Å². The van der Waals surface area contributed by atoms with Crippen LogP contribution in [0, 0.1) is 11.8 Å². The fourth-order valence-electron chi connectivity index (χ4n) is 2.91. The molecule has 0 aromatic rings. The molecule has 4 nitrogen and oxygen atoms in total. The van der Waals surface area contributed by atoms with Crippen LogP contribution in [0.5, 0.6) is 0 Å². The number of amides is 2. The first-order valence-electron chi connectivity index (χ1n) is 7.08. The van der Waals surface area contributed by atoms with Gasteiger partial charge in [-0.15, -0.1) is 0 Å². The summed E-state index contributed by atoms with van der Waals surface area (Å²) in [6.07, 6.45) is 4.16. The Labute approximate surface area is 119 Å². The molecule has 0 bridgehead atoms. The number of rotatable bonds is 5. The summed E-state index contributed by atoms with van der Waals surface area (Å²) >= 11 is 1.72. The van der Waals surface area contributed by atoms with Crippen LogP contribution in [-0.4, -0.2) is 46.8 Å². The van der Waals surface area contributed by atoms with Crippen molar-refractivity contribution in [2.75, 3.05) is 12.0 Å². The van der Waals surface area contributed by atoms with Gasteiger partial charge in [-0.25, -0.2) is 0 Å². The van der Waals surface area contributed by atoms with Crippen LogP contribution in [-0.2, 0) is 9.59 Å². The van der Waals surface area contributed by atoms with Gasteiger partial charge in [-0.1, -0.05) is 13.8 Å². The Morgan fingerprint density at radius 3 is 2.42 bits per heavy atom. The topological polar surface area (TPSA) is 49.4 Å². The molecule has 2 fully saturated rings. The van der Waals surface area contributed by atoms with Crippen molar-refractivity contribution in [3.05, 3.63) is 0 Å². The minimum Gasteiger partial charge on any atom is -0.342 e. The van der Waals surface area contributed by atoms with Crippen LogP contribution in [0.3, 0.4) is 0 Å². The molecular weight excluding hydrogens is 260 g/mol. The fourth-order valence-corrected chi connectivity index (χ4v) is 3.55. The van der Waals surface area contributed by atoms with E-state index in [9.17, 15) is 9.59 Å². The van der Waals surface area contributed by atoms with Gasteiger partial charge >= 0.3 is 0 Å². The highest BCUT2D eigenvalue weighted by atomic mass is 32.2. The normalized spacial score (nSPS) is 29.6. The van der Waals surface area contributed by atoms with E-state index in [1.165, 1.54) is 0 Å². The SMILES string of the molecule is CSCC(C)N1C(=O)C(C2CC2)NC(=O)C1C(C)C. The maximum Gasteiger partial charge on any atom is 0.246 e. The van der Waals surface area contributed by atoms with Crippen LogP contribution >= 0.6 is 11.8 Å². The molecule has 0 aromatic carbocycles. The maximum absolute atomic E-state index is 12.7. The standard InChI is InChI=1S/C14H24N2O2S/c1-8(2)12-13(17)15-11(10-5-6-10)14(18)16(12)9(3)7-19-4/h8-12H,5-7H2,1-4H3,(H,15,17). The lowest BCUT2D eigenvalue weighted by atomic mass is 9.94. The lowest BCUT2D eigenvalue weighted by Crippen LogP contribution is -2.67. The Balaban J connectivity index is 2.23. The van der Waals surface area contributed by atoms with Gasteiger partial charge in [0.15, 0.2) is 0 Å². The molecular formula is C14H24N2O2S. The van der Waals surface area contributed by atoms with Crippen LogP contribution in [0.1, 0.15) is 33.6 Å². The number of hydrogen-bond acceptors (Lipinski definition) is 3.